The first kappa shape index (κ1) is 10.2. The van der Waals surface area contributed by atoms with E-state index in [-0.39, 0.29) is 11.9 Å². The predicted octanol–water partition coefficient (Wildman–Crippen LogP) is 1.03. The Labute approximate surface area is 87.8 Å². The van der Waals surface area contributed by atoms with E-state index >= 15 is 0 Å². The first-order chi connectivity index (χ1) is 7.16. The summed E-state index contributed by atoms with van der Waals surface area (Å²) in [5, 5.41) is 0. The summed E-state index contributed by atoms with van der Waals surface area (Å²) in [5.41, 5.74) is 5.53. The number of hydrogen-bond acceptors (Lipinski definition) is 4. The topological polar surface area (TPSA) is 51.4 Å². The number of nitrogens with zero attached hydrogens (tertiary/aromatic N) is 2. The Morgan fingerprint density at radius 1 is 1.60 bits per heavy atom. The summed E-state index contributed by atoms with van der Waals surface area (Å²) < 4.78 is 18.9. The number of anilines is 2. The fourth-order valence-electron chi connectivity index (χ4n) is 1.68. The van der Waals surface area contributed by atoms with Crippen molar-refractivity contribution < 1.29 is 9.13 Å². The summed E-state index contributed by atoms with van der Waals surface area (Å²) in [6.07, 6.45) is 0.0985. The number of halogens is 1. The third-order valence-corrected chi connectivity index (χ3v) is 2.39. The molecule has 0 bridgehead atoms. The average molecular weight is 211 g/mol. The monoisotopic (exact) mass is 211 g/mol. The molecule has 4 nitrogen and oxygen atoms in total. The van der Waals surface area contributed by atoms with Crippen molar-refractivity contribution in [3.8, 4) is 0 Å². The molecule has 15 heavy (non-hydrogen) atoms. The van der Waals surface area contributed by atoms with Gasteiger partial charge in [-0.1, -0.05) is 0 Å². The van der Waals surface area contributed by atoms with Crippen molar-refractivity contribution in [3.05, 3.63) is 17.9 Å². The third-order valence-electron chi connectivity index (χ3n) is 2.39. The highest BCUT2D eigenvalue weighted by atomic mass is 19.1. The van der Waals surface area contributed by atoms with E-state index in [1.54, 1.807) is 0 Å². The summed E-state index contributed by atoms with van der Waals surface area (Å²) in [5.74, 6) is 0.328. The summed E-state index contributed by atoms with van der Waals surface area (Å²) >= 11 is 0. The van der Waals surface area contributed by atoms with Gasteiger partial charge in [0.25, 0.3) is 0 Å². The van der Waals surface area contributed by atoms with Crippen molar-refractivity contribution in [1.82, 2.24) is 4.98 Å². The smallest absolute Gasteiger partial charge is 0.167 e. The van der Waals surface area contributed by atoms with E-state index < -0.39 is 0 Å². The second-order valence-corrected chi connectivity index (χ2v) is 3.67. The van der Waals surface area contributed by atoms with Crippen LogP contribution in [-0.2, 0) is 4.74 Å². The molecule has 0 amide bonds. The molecule has 5 heteroatoms. The molecule has 1 unspecified atom stereocenters. The Balaban J connectivity index is 2.24. The number of aromatic nitrogens is 1. The van der Waals surface area contributed by atoms with Crippen LogP contribution in [0.25, 0.3) is 0 Å². The van der Waals surface area contributed by atoms with Crippen LogP contribution < -0.4 is 10.6 Å². The molecule has 0 radical (unpaired) electrons. The van der Waals surface area contributed by atoms with Gasteiger partial charge in [0.1, 0.15) is 5.82 Å². The zero-order valence-electron chi connectivity index (χ0n) is 8.61. The van der Waals surface area contributed by atoms with Gasteiger partial charge < -0.3 is 15.4 Å². The van der Waals surface area contributed by atoms with E-state index in [1.165, 1.54) is 12.1 Å². The van der Waals surface area contributed by atoms with Gasteiger partial charge in [0.05, 0.1) is 12.7 Å². The van der Waals surface area contributed by atoms with Crippen molar-refractivity contribution in [3.63, 3.8) is 0 Å². The molecule has 2 rings (SSSR count). The average Bonchev–Trinajstić information content (AvgIpc) is 2.22. The normalized spacial score (nSPS) is 21.7. The molecule has 0 aliphatic carbocycles. The lowest BCUT2D eigenvalue weighted by molar-refractivity contribution is 0.0527. The molecule has 1 fully saturated rings. The van der Waals surface area contributed by atoms with E-state index in [0.29, 0.717) is 31.3 Å². The van der Waals surface area contributed by atoms with Crippen molar-refractivity contribution in [2.75, 3.05) is 30.3 Å². The number of rotatable bonds is 1. The van der Waals surface area contributed by atoms with Crippen LogP contribution in [0.5, 0.6) is 0 Å². The lowest BCUT2D eigenvalue weighted by atomic mass is 10.3. The summed E-state index contributed by atoms with van der Waals surface area (Å²) in [7, 11) is 0. The molecule has 1 aromatic rings. The number of hydrogen-bond donors (Lipinski definition) is 1. The van der Waals surface area contributed by atoms with Crippen LogP contribution in [0, 0.1) is 5.82 Å². The first-order valence-corrected chi connectivity index (χ1v) is 4.95. The summed E-state index contributed by atoms with van der Waals surface area (Å²) in [6.45, 7) is 3.85. The predicted molar refractivity (Wildman–Crippen MR) is 56.2 cm³/mol. The number of nitrogen functional groups attached to an aromatic ring is 1. The third kappa shape index (κ3) is 2.18. The van der Waals surface area contributed by atoms with Gasteiger partial charge in [-0.2, -0.15) is 0 Å². The molecular weight excluding hydrogens is 197 g/mol. The minimum absolute atomic E-state index is 0.0985. The lowest BCUT2D eigenvalue weighted by Gasteiger charge is -2.32. The van der Waals surface area contributed by atoms with Gasteiger partial charge in [0.2, 0.25) is 0 Å². The van der Waals surface area contributed by atoms with Gasteiger partial charge in [-0.25, -0.2) is 9.37 Å². The van der Waals surface area contributed by atoms with Gasteiger partial charge in [0.15, 0.2) is 11.6 Å². The van der Waals surface area contributed by atoms with Crippen LogP contribution in [-0.4, -0.2) is 30.8 Å². The van der Waals surface area contributed by atoms with Gasteiger partial charge in [-0.15, -0.1) is 0 Å². The standard InChI is InChI=1S/C10H14FN3O/c1-7-6-14(4-5-15-7)10-8(11)2-3-9(12)13-10/h2-3,7H,4-6H2,1H3,(H2,12,13). The van der Waals surface area contributed by atoms with Crippen molar-refractivity contribution in [2.45, 2.75) is 13.0 Å². The molecule has 2 N–H and O–H groups in total. The Hall–Kier alpha value is -1.36. The summed E-state index contributed by atoms with van der Waals surface area (Å²) in [6, 6.07) is 2.81. The second kappa shape index (κ2) is 4.02. The van der Waals surface area contributed by atoms with Crippen LogP contribution >= 0.6 is 0 Å². The quantitative estimate of drug-likeness (QED) is 0.753. The molecule has 0 spiro atoms. The number of ether oxygens (including phenoxy) is 1. The number of pyridine rings is 1. The fourth-order valence-corrected chi connectivity index (χ4v) is 1.68. The minimum atomic E-state index is -0.335. The molecule has 1 saturated heterocycles. The van der Waals surface area contributed by atoms with Crippen molar-refractivity contribution in [2.24, 2.45) is 0 Å². The van der Waals surface area contributed by atoms with E-state index in [0.717, 1.165) is 0 Å². The molecule has 1 aliphatic rings. The highest BCUT2D eigenvalue weighted by molar-refractivity contribution is 5.46. The highest BCUT2D eigenvalue weighted by Crippen LogP contribution is 2.20. The molecule has 0 saturated carbocycles. The molecule has 1 aromatic heterocycles. The Bertz CT molecular complexity index is 359. The highest BCUT2D eigenvalue weighted by Gasteiger charge is 2.20. The van der Waals surface area contributed by atoms with E-state index in [9.17, 15) is 4.39 Å². The van der Waals surface area contributed by atoms with Crippen molar-refractivity contribution >= 4 is 11.6 Å². The fraction of sp³-hybridized carbons (Fsp3) is 0.500. The molecule has 0 aromatic carbocycles. The van der Waals surface area contributed by atoms with Gasteiger partial charge in [-0.3, -0.25) is 0 Å². The Kier molecular flexibility index (Phi) is 2.73. The summed E-state index contributed by atoms with van der Waals surface area (Å²) in [4.78, 5) is 5.86. The molecule has 2 heterocycles. The van der Waals surface area contributed by atoms with Crippen LogP contribution in [0.3, 0.4) is 0 Å². The maximum absolute atomic E-state index is 13.5. The maximum atomic E-state index is 13.5. The zero-order chi connectivity index (χ0) is 10.8. The van der Waals surface area contributed by atoms with E-state index in [2.05, 4.69) is 4.98 Å². The number of nitrogens with two attached hydrogens (primary N) is 1. The SMILES string of the molecule is CC1CN(c2nc(N)ccc2F)CCO1. The van der Waals surface area contributed by atoms with Gasteiger partial charge in [-0.05, 0) is 19.1 Å². The van der Waals surface area contributed by atoms with Crippen LogP contribution in [0.15, 0.2) is 12.1 Å². The van der Waals surface area contributed by atoms with E-state index in [4.69, 9.17) is 10.5 Å². The van der Waals surface area contributed by atoms with Gasteiger partial charge in [0, 0.05) is 13.1 Å². The Morgan fingerprint density at radius 2 is 2.40 bits per heavy atom. The zero-order valence-corrected chi connectivity index (χ0v) is 8.61. The lowest BCUT2D eigenvalue weighted by Crippen LogP contribution is -2.42. The minimum Gasteiger partial charge on any atom is -0.384 e. The first-order valence-electron chi connectivity index (χ1n) is 4.95. The molecule has 1 atom stereocenters. The molecule has 1 aliphatic heterocycles. The van der Waals surface area contributed by atoms with Crippen LogP contribution in [0.2, 0.25) is 0 Å². The Morgan fingerprint density at radius 3 is 3.13 bits per heavy atom. The molecule has 82 valence electrons. The maximum Gasteiger partial charge on any atom is 0.167 e. The van der Waals surface area contributed by atoms with Gasteiger partial charge >= 0.3 is 0 Å². The number of morpholine rings is 1. The van der Waals surface area contributed by atoms with E-state index in [1.807, 2.05) is 11.8 Å². The van der Waals surface area contributed by atoms with Crippen molar-refractivity contribution in [1.29, 1.82) is 0 Å². The van der Waals surface area contributed by atoms with Crippen LogP contribution in [0.1, 0.15) is 6.92 Å². The molecular formula is C10H14FN3O. The van der Waals surface area contributed by atoms with Crippen LogP contribution in [0.4, 0.5) is 16.0 Å². The largest absolute Gasteiger partial charge is 0.384 e. The second-order valence-electron chi connectivity index (χ2n) is 3.67.